The third-order valence-corrected chi connectivity index (χ3v) is 6.47. The highest BCUT2D eigenvalue weighted by Gasteiger charge is 2.43. The van der Waals surface area contributed by atoms with Crippen LogP contribution in [0.2, 0.25) is 0 Å². The van der Waals surface area contributed by atoms with Crippen molar-refractivity contribution < 1.29 is 9.90 Å². The Bertz CT molecular complexity index is 567. The van der Waals surface area contributed by atoms with Crippen molar-refractivity contribution in [2.75, 3.05) is 0 Å². The number of benzene rings is 1. The minimum Gasteiger partial charge on any atom is -0.481 e. The molecule has 0 aliphatic heterocycles. The normalized spacial score (nSPS) is 28.3. The van der Waals surface area contributed by atoms with Crippen LogP contribution < -0.4 is 0 Å². The lowest BCUT2D eigenvalue weighted by Crippen LogP contribution is -2.21. The molecule has 0 spiro atoms. The molecule has 1 aromatic carbocycles. The van der Waals surface area contributed by atoms with Crippen molar-refractivity contribution in [2.45, 2.75) is 64.2 Å². The summed E-state index contributed by atoms with van der Waals surface area (Å²) in [6.07, 6.45) is 14.4. The van der Waals surface area contributed by atoms with Crippen LogP contribution in [0.15, 0.2) is 42.5 Å². The number of allylic oxidation sites excluding steroid dienone is 2. The van der Waals surface area contributed by atoms with Crippen LogP contribution in [0.1, 0.15) is 69.8 Å². The van der Waals surface area contributed by atoms with Gasteiger partial charge in [0.05, 0.1) is 5.92 Å². The van der Waals surface area contributed by atoms with Gasteiger partial charge < -0.3 is 5.11 Å². The van der Waals surface area contributed by atoms with Gasteiger partial charge in [0.1, 0.15) is 0 Å². The molecule has 2 aliphatic rings. The van der Waals surface area contributed by atoms with Gasteiger partial charge in [0.15, 0.2) is 0 Å². The zero-order chi connectivity index (χ0) is 17.0. The van der Waals surface area contributed by atoms with Gasteiger partial charge in [0, 0.05) is 5.92 Å². The van der Waals surface area contributed by atoms with E-state index < -0.39 is 5.97 Å². The smallest absolute Gasteiger partial charge is 0.307 e. The summed E-state index contributed by atoms with van der Waals surface area (Å²) >= 11 is 0. The van der Waals surface area contributed by atoms with Crippen molar-refractivity contribution in [1.29, 1.82) is 0 Å². The first-order valence-electron chi connectivity index (χ1n) is 9.56. The number of carboxylic acid groups (broad SMARTS) is 1. The van der Waals surface area contributed by atoms with Crippen molar-refractivity contribution in [3.05, 3.63) is 48.0 Å². The Morgan fingerprint density at radius 2 is 1.96 bits per heavy atom. The van der Waals surface area contributed by atoms with Crippen LogP contribution >= 0.6 is 0 Å². The number of carboxylic acids is 1. The average Bonchev–Trinajstić information content (AvgIpc) is 3.19. The molecular formula is C22H30O2. The van der Waals surface area contributed by atoms with Gasteiger partial charge in [-0.15, -0.1) is 0 Å². The molecule has 2 heteroatoms. The SMILES string of the molecule is CCC(C(=O)O)C(CC=CCC12CCC(CC1)C2)c1ccccc1. The highest BCUT2D eigenvalue weighted by Crippen LogP contribution is 2.56. The molecular weight excluding hydrogens is 296 g/mol. The van der Waals surface area contributed by atoms with E-state index in [-0.39, 0.29) is 11.8 Å². The molecule has 1 aromatic rings. The summed E-state index contributed by atoms with van der Waals surface area (Å²) in [5.74, 6) is 0.0830. The van der Waals surface area contributed by atoms with Gasteiger partial charge in [0.25, 0.3) is 0 Å². The highest BCUT2D eigenvalue weighted by molar-refractivity contribution is 5.71. The zero-order valence-electron chi connectivity index (χ0n) is 14.8. The lowest BCUT2D eigenvalue weighted by molar-refractivity contribution is -0.142. The van der Waals surface area contributed by atoms with Crippen molar-refractivity contribution in [2.24, 2.45) is 17.3 Å². The largest absolute Gasteiger partial charge is 0.481 e. The standard InChI is InChI=1S/C22H30O2/c1-2-19(21(23)24)20(18-8-4-3-5-9-18)10-6-7-13-22-14-11-17(16-22)12-15-22/h3-9,17,19-20H,2,10-16H2,1H3,(H,23,24). The van der Waals surface area contributed by atoms with E-state index in [0.717, 1.165) is 17.9 Å². The number of carbonyl (C=O) groups is 1. The van der Waals surface area contributed by atoms with E-state index in [4.69, 9.17) is 0 Å². The Balaban J connectivity index is 1.65. The first kappa shape index (κ1) is 17.3. The van der Waals surface area contributed by atoms with E-state index in [1.165, 1.54) is 38.5 Å². The van der Waals surface area contributed by atoms with Gasteiger partial charge in [0.2, 0.25) is 0 Å². The van der Waals surface area contributed by atoms with Crippen LogP contribution in [0.3, 0.4) is 0 Å². The van der Waals surface area contributed by atoms with Crippen LogP contribution in [-0.4, -0.2) is 11.1 Å². The molecule has 130 valence electrons. The second-order valence-corrected chi connectivity index (χ2v) is 7.93. The van der Waals surface area contributed by atoms with Crippen LogP contribution in [0.25, 0.3) is 0 Å². The maximum atomic E-state index is 11.7. The van der Waals surface area contributed by atoms with E-state index >= 15 is 0 Å². The fourth-order valence-electron chi connectivity index (χ4n) is 5.04. The molecule has 2 aliphatic carbocycles. The Hall–Kier alpha value is -1.57. The van der Waals surface area contributed by atoms with Gasteiger partial charge in [-0.25, -0.2) is 0 Å². The molecule has 0 amide bonds. The molecule has 2 nitrogen and oxygen atoms in total. The topological polar surface area (TPSA) is 37.3 Å². The predicted molar refractivity (Wildman–Crippen MR) is 98.0 cm³/mol. The quantitative estimate of drug-likeness (QED) is 0.613. The zero-order valence-corrected chi connectivity index (χ0v) is 14.8. The fourth-order valence-corrected chi connectivity index (χ4v) is 5.04. The van der Waals surface area contributed by atoms with Crippen molar-refractivity contribution >= 4 is 5.97 Å². The van der Waals surface area contributed by atoms with Gasteiger partial charge in [-0.3, -0.25) is 4.79 Å². The molecule has 2 unspecified atom stereocenters. The van der Waals surface area contributed by atoms with E-state index in [9.17, 15) is 9.90 Å². The van der Waals surface area contributed by atoms with E-state index in [1.54, 1.807) is 0 Å². The third-order valence-electron chi connectivity index (χ3n) is 6.47. The predicted octanol–water partition coefficient (Wildman–Crippen LogP) is 5.80. The Morgan fingerprint density at radius 3 is 2.50 bits per heavy atom. The first-order chi connectivity index (χ1) is 11.6. The summed E-state index contributed by atoms with van der Waals surface area (Å²) in [4.78, 5) is 11.7. The van der Waals surface area contributed by atoms with Crippen LogP contribution in [0.5, 0.6) is 0 Å². The monoisotopic (exact) mass is 326 g/mol. The molecule has 3 rings (SSSR count). The summed E-state index contributed by atoms with van der Waals surface area (Å²) in [5, 5.41) is 9.59. The number of hydrogen-bond acceptors (Lipinski definition) is 1. The fraction of sp³-hybridized carbons (Fsp3) is 0.591. The van der Waals surface area contributed by atoms with Crippen LogP contribution in [0, 0.1) is 17.3 Å². The second-order valence-electron chi connectivity index (χ2n) is 7.93. The number of fused-ring (bicyclic) bond motifs is 2. The van der Waals surface area contributed by atoms with E-state index in [0.29, 0.717) is 11.8 Å². The maximum absolute atomic E-state index is 11.7. The van der Waals surface area contributed by atoms with Crippen molar-refractivity contribution in [3.8, 4) is 0 Å². The molecule has 0 saturated heterocycles. The summed E-state index contributed by atoms with van der Waals surface area (Å²) in [6, 6.07) is 10.2. The minimum atomic E-state index is -0.673. The summed E-state index contributed by atoms with van der Waals surface area (Å²) in [6.45, 7) is 1.98. The summed E-state index contributed by atoms with van der Waals surface area (Å²) in [7, 11) is 0. The van der Waals surface area contributed by atoms with Crippen molar-refractivity contribution in [1.82, 2.24) is 0 Å². The Labute approximate surface area is 146 Å². The van der Waals surface area contributed by atoms with Gasteiger partial charge in [-0.1, -0.05) is 49.4 Å². The lowest BCUT2D eigenvalue weighted by Gasteiger charge is -2.25. The summed E-state index contributed by atoms with van der Waals surface area (Å²) in [5.41, 5.74) is 1.73. The van der Waals surface area contributed by atoms with E-state index in [2.05, 4.69) is 24.3 Å². The number of hydrogen-bond donors (Lipinski definition) is 1. The summed E-state index contributed by atoms with van der Waals surface area (Å²) < 4.78 is 0. The number of aliphatic carboxylic acids is 1. The Kier molecular flexibility index (Phi) is 5.43. The molecule has 24 heavy (non-hydrogen) atoms. The number of rotatable bonds is 8. The molecule has 2 atom stereocenters. The molecule has 0 aromatic heterocycles. The minimum absolute atomic E-state index is 0.0716. The lowest BCUT2D eigenvalue weighted by atomic mass is 9.80. The van der Waals surface area contributed by atoms with Gasteiger partial charge >= 0.3 is 5.97 Å². The molecule has 2 fully saturated rings. The van der Waals surface area contributed by atoms with E-state index in [1.807, 2.05) is 25.1 Å². The molecule has 2 bridgehead atoms. The van der Waals surface area contributed by atoms with Crippen molar-refractivity contribution in [3.63, 3.8) is 0 Å². The molecule has 0 heterocycles. The molecule has 0 radical (unpaired) electrons. The van der Waals surface area contributed by atoms with Crippen LogP contribution in [0.4, 0.5) is 0 Å². The maximum Gasteiger partial charge on any atom is 0.307 e. The third kappa shape index (κ3) is 3.74. The second kappa shape index (κ2) is 7.55. The molecule has 2 saturated carbocycles. The van der Waals surface area contributed by atoms with Gasteiger partial charge in [-0.2, -0.15) is 0 Å². The van der Waals surface area contributed by atoms with Gasteiger partial charge in [-0.05, 0) is 68.3 Å². The first-order valence-corrected chi connectivity index (χ1v) is 9.56. The average molecular weight is 326 g/mol. The van der Waals surface area contributed by atoms with Crippen LogP contribution in [-0.2, 0) is 4.79 Å². The molecule has 1 N–H and O–H groups in total. The Morgan fingerprint density at radius 1 is 1.25 bits per heavy atom. The highest BCUT2D eigenvalue weighted by atomic mass is 16.4.